The molecule has 7 nitrogen and oxygen atoms in total. The lowest BCUT2D eigenvalue weighted by Gasteiger charge is -2.33. The molecule has 0 saturated heterocycles. The lowest BCUT2D eigenvalue weighted by molar-refractivity contribution is -0.140. The molecule has 3 rings (SSSR count). The molecule has 0 aromatic heterocycles. The SMILES string of the molecule is CCC(C(=O)NCC(C)C)N(Cc1c(Cl)cccc1Cl)C(=O)CN(c1ccc(Cl)cc1)S(=O)(=O)c1ccc(C)cc1. The topological polar surface area (TPSA) is 86.8 Å². The third kappa shape index (κ3) is 8.38. The zero-order valence-corrected chi connectivity index (χ0v) is 26.5. The van der Waals surface area contributed by atoms with Crippen LogP contribution in [0.1, 0.15) is 38.3 Å². The molecule has 41 heavy (non-hydrogen) atoms. The molecule has 0 aliphatic carbocycles. The summed E-state index contributed by atoms with van der Waals surface area (Å²) in [7, 11) is -4.19. The number of sulfonamides is 1. The van der Waals surface area contributed by atoms with Crippen molar-refractivity contribution >= 4 is 62.3 Å². The van der Waals surface area contributed by atoms with E-state index in [0.717, 1.165) is 9.87 Å². The van der Waals surface area contributed by atoms with Crippen molar-refractivity contribution < 1.29 is 18.0 Å². The molecule has 0 spiro atoms. The van der Waals surface area contributed by atoms with Gasteiger partial charge in [-0.3, -0.25) is 13.9 Å². The number of hydrogen-bond acceptors (Lipinski definition) is 4. The van der Waals surface area contributed by atoms with Gasteiger partial charge in [0.05, 0.1) is 10.6 Å². The Bertz CT molecular complexity index is 1440. The summed E-state index contributed by atoms with van der Waals surface area (Å²) in [4.78, 5) is 28.8. The number of benzene rings is 3. The Balaban J connectivity index is 2.08. The number of nitrogens with zero attached hydrogens (tertiary/aromatic N) is 2. The number of carbonyl (C=O) groups is 2. The van der Waals surface area contributed by atoms with E-state index in [2.05, 4.69) is 5.32 Å². The van der Waals surface area contributed by atoms with E-state index in [1.165, 1.54) is 29.2 Å². The first-order valence-electron chi connectivity index (χ1n) is 13.2. The maximum absolute atomic E-state index is 14.1. The maximum atomic E-state index is 14.1. The molecule has 3 aromatic rings. The average molecular weight is 639 g/mol. The van der Waals surface area contributed by atoms with Crippen molar-refractivity contribution in [3.05, 3.63) is 92.9 Å². The number of rotatable bonds is 12. The molecule has 0 saturated carbocycles. The minimum absolute atomic E-state index is 0.0215. The van der Waals surface area contributed by atoms with Crippen LogP contribution in [0.3, 0.4) is 0 Å². The molecule has 1 N–H and O–H groups in total. The van der Waals surface area contributed by atoms with Gasteiger partial charge in [-0.25, -0.2) is 8.42 Å². The Kier molecular flexibility index (Phi) is 11.5. The Hall–Kier alpha value is -2.78. The molecule has 0 fully saturated rings. The van der Waals surface area contributed by atoms with Crippen molar-refractivity contribution in [2.75, 3.05) is 17.4 Å². The number of amides is 2. The van der Waals surface area contributed by atoms with Crippen molar-refractivity contribution in [2.24, 2.45) is 5.92 Å². The third-order valence-electron chi connectivity index (χ3n) is 6.46. The first-order valence-corrected chi connectivity index (χ1v) is 15.8. The monoisotopic (exact) mass is 637 g/mol. The van der Waals surface area contributed by atoms with E-state index in [0.29, 0.717) is 27.2 Å². The number of hydrogen-bond donors (Lipinski definition) is 1. The van der Waals surface area contributed by atoms with Crippen molar-refractivity contribution in [1.82, 2.24) is 10.2 Å². The van der Waals surface area contributed by atoms with Crippen LogP contribution >= 0.6 is 34.8 Å². The standard InChI is InChI=1S/C30H34Cl3N3O4S/c1-5-28(30(38)34-17-20(2)3)35(18-25-26(32)7-6-8-27(25)33)29(37)19-36(23-13-11-22(31)12-14-23)41(39,40)24-15-9-21(4)10-16-24/h6-16,20,28H,5,17-19H2,1-4H3,(H,34,38). The molecule has 220 valence electrons. The van der Waals surface area contributed by atoms with Crippen LogP contribution in [0.5, 0.6) is 0 Å². The van der Waals surface area contributed by atoms with E-state index in [4.69, 9.17) is 34.8 Å². The highest BCUT2D eigenvalue weighted by Gasteiger charge is 2.34. The van der Waals surface area contributed by atoms with Crippen LogP contribution < -0.4 is 9.62 Å². The molecule has 0 radical (unpaired) electrons. The fraction of sp³-hybridized carbons (Fsp3) is 0.333. The van der Waals surface area contributed by atoms with E-state index in [9.17, 15) is 18.0 Å². The predicted molar refractivity (Wildman–Crippen MR) is 166 cm³/mol. The Labute approximate surface area is 257 Å². The summed E-state index contributed by atoms with van der Waals surface area (Å²) in [5, 5.41) is 3.96. The number of anilines is 1. The van der Waals surface area contributed by atoms with E-state index in [1.807, 2.05) is 20.8 Å². The molecular formula is C30H34Cl3N3O4S. The van der Waals surface area contributed by atoms with Crippen LogP contribution in [0.15, 0.2) is 71.6 Å². The van der Waals surface area contributed by atoms with Gasteiger partial charge in [-0.2, -0.15) is 0 Å². The minimum Gasteiger partial charge on any atom is -0.354 e. The van der Waals surface area contributed by atoms with Gasteiger partial charge in [-0.05, 0) is 67.8 Å². The highest BCUT2D eigenvalue weighted by atomic mass is 35.5. The van der Waals surface area contributed by atoms with Crippen LogP contribution in [0.25, 0.3) is 0 Å². The van der Waals surface area contributed by atoms with Crippen LogP contribution in [-0.4, -0.2) is 44.3 Å². The fourth-order valence-electron chi connectivity index (χ4n) is 4.17. The summed E-state index contributed by atoms with van der Waals surface area (Å²) in [6.07, 6.45) is 0.281. The summed E-state index contributed by atoms with van der Waals surface area (Å²) in [5.41, 5.74) is 1.59. The Morgan fingerprint density at radius 1 is 0.902 bits per heavy atom. The molecule has 11 heteroatoms. The van der Waals surface area contributed by atoms with Gasteiger partial charge in [-0.1, -0.05) is 79.3 Å². The predicted octanol–water partition coefficient (Wildman–Crippen LogP) is 6.73. The lowest BCUT2D eigenvalue weighted by atomic mass is 10.1. The number of aryl methyl sites for hydroxylation is 1. The molecule has 0 aliphatic heterocycles. The first kappa shape index (κ1) is 32.7. The first-order chi connectivity index (χ1) is 19.3. The van der Waals surface area contributed by atoms with Gasteiger partial charge in [0.1, 0.15) is 12.6 Å². The van der Waals surface area contributed by atoms with Gasteiger partial charge in [0.15, 0.2) is 0 Å². The summed E-state index contributed by atoms with van der Waals surface area (Å²) < 4.78 is 28.8. The van der Waals surface area contributed by atoms with Crippen molar-refractivity contribution in [3.8, 4) is 0 Å². The molecule has 3 aromatic carbocycles. The van der Waals surface area contributed by atoms with Gasteiger partial charge in [0.25, 0.3) is 10.0 Å². The maximum Gasteiger partial charge on any atom is 0.264 e. The molecular weight excluding hydrogens is 605 g/mol. The lowest BCUT2D eigenvalue weighted by Crippen LogP contribution is -2.52. The average Bonchev–Trinajstić information content (AvgIpc) is 2.92. The van der Waals surface area contributed by atoms with Crippen molar-refractivity contribution in [2.45, 2.75) is 51.6 Å². The molecule has 0 bridgehead atoms. The minimum atomic E-state index is -4.19. The second-order valence-electron chi connectivity index (χ2n) is 10.1. The number of halogens is 3. The zero-order valence-electron chi connectivity index (χ0n) is 23.4. The van der Waals surface area contributed by atoms with Crippen LogP contribution in [0.4, 0.5) is 5.69 Å². The highest BCUT2D eigenvalue weighted by Crippen LogP contribution is 2.29. The summed E-state index contributed by atoms with van der Waals surface area (Å²) in [6, 6.07) is 16.6. The summed E-state index contributed by atoms with van der Waals surface area (Å²) in [6.45, 7) is 7.32. The van der Waals surface area contributed by atoms with E-state index in [1.54, 1.807) is 49.4 Å². The van der Waals surface area contributed by atoms with Crippen molar-refractivity contribution in [3.63, 3.8) is 0 Å². The van der Waals surface area contributed by atoms with Gasteiger partial charge in [-0.15, -0.1) is 0 Å². The van der Waals surface area contributed by atoms with Crippen molar-refractivity contribution in [1.29, 1.82) is 0 Å². The highest BCUT2D eigenvalue weighted by molar-refractivity contribution is 7.92. The smallest absolute Gasteiger partial charge is 0.264 e. The van der Waals surface area contributed by atoms with Gasteiger partial charge < -0.3 is 10.2 Å². The molecule has 1 atom stereocenters. The van der Waals surface area contributed by atoms with Crippen LogP contribution in [0.2, 0.25) is 15.1 Å². The van der Waals surface area contributed by atoms with E-state index in [-0.39, 0.29) is 35.4 Å². The van der Waals surface area contributed by atoms with Crippen LogP contribution in [-0.2, 0) is 26.2 Å². The summed E-state index contributed by atoms with van der Waals surface area (Å²) in [5.74, 6) is -0.756. The third-order valence-corrected chi connectivity index (χ3v) is 9.21. The second-order valence-corrected chi connectivity index (χ2v) is 13.2. The Morgan fingerprint density at radius 2 is 1.49 bits per heavy atom. The Morgan fingerprint density at radius 3 is 2.02 bits per heavy atom. The molecule has 1 unspecified atom stereocenters. The van der Waals surface area contributed by atoms with E-state index >= 15 is 0 Å². The molecule has 0 aliphatic rings. The second kappa shape index (κ2) is 14.4. The summed E-state index contributed by atoms with van der Waals surface area (Å²) >= 11 is 19.0. The van der Waals surface area contributed by atoms with Gasteiger partial charge in [0.2, 0.25) is 11.8 Å². The van der Waals surface area contributed by atoms with Crippen LogP contribution in [0, 0.1) is 12.8 Å². The van der Waals surface area contributed by atoms with Gasteiger partial charge in [0, 0.05) is 33.7 Å². The normalized spacial score (nSPS) is 12.2. The van der Waals surface area contributed by atoms with Gasteiger partial charge >= 0.3 is 0 Å². The largest absolute Gasteiger partial charge is 0.354 e. The number of nitrogens with one attached hydrogen (secondary N) is 1. The quantitative estimate of drug-likeness (QED) is 0.238. The molecule has 0 heterocycles. The van der Waals surface area contributed by atoms with E-state index < -0.39 is 28.5 Å². The molecule has 2 amide bonds. The zero-order chi connectivity index (χ0) is 30.3. The fourth-order valence-corrected chi connectivity index (χ4v) is 6.23. The number of carbonyl (C=O) groups excluding carboxylic acids is 2.